The number of alkyl halides is 1. The number of hydrogen-bond donors (Lipinski definition) is 0. The minimum absolute atomic E-state index is 0.105. The SMILES string of the molecule is COC(=O)CC(Br)Cc1ccc(OC)cc1. The van der Waals surface area contributed by atoms with Gasteiger partial charge in [-0.15, -0.1) is 0 Å². The van der Waals surface area contributed by atoms with E-state index in [0.717, 1.165) is 17.7 Å². The quantitative estimate of drug-likeness (QED) is 0.617. The van der Waals surface area contributed by atoms with Gasteiger partial charge in [0, 0.05) is 4.83 Å². The fourth-order valence-electron chi connectivity index (χ4n) is 1.35. The molecule has 88 valence electrons. The van der Waals surface area contributed by atoms with Crippen LogP contribution in [-0.2, 0) is 16.0 Å². The first-order valence-electron chi connectivity index (χ1n) is 4.99. The van der Waals surface area contributed by atoms with E-state index in [0.29, 0.717) is 6.42 Å². The Morgan fingerprint density at radius 1 is 1.31 bits per heavy atom. The normalized spacial score (nSPS) is 11.9. The van der Waals surface area contributed by atoms with Crippen LogP contribution in [0.2, 0.25) is 0 Å². The van der Waals surface area contributed by atoms with Crippen LogP contribution in [0.4, 0.5) is 0 Å². The lowest BCUT2D eigenvalue weighted by Crippen LogP contribution is -2.11. The lowest BCUT2D eigenvalue weighted by molar-refractivity contribution is -0.140. The van der Waals surface area contributed by atoms with E-state index in [2.05, 4.69) is 20.7 Å². The molecule has 16 heavy (non-hydrogen) atoms. The molecule has 4 heteroatoms. The minimum Gasteiger partial charge on any atom is -0.497 e. The van der Waals surface area contributed by atoms with Crippen molar-refractivity contribution in [3.8, 4) is 5.75 Å². The smallest absolute Gasteiger partial charge is 0.306 e. The third-order valence-corrected chi connectivity index (χ3v) is 2.88. The van der Waals surface area contributed by atoms with Crippen LogP contribution in [0.5, 0.6) is 5.75 Å². The molecule has 0 aliphatic rings. The Labute approximate surface area is 104 Å². The van der Waals surface area contributed by atoms with E-state index in [9.17, 15) is 4.79 Å². The molecule has 0 aliphatic carbocycles. The topological polar surface area (TPSA) is 35.5 Å². The molecule has 1 rings (SSSR count). The molecule has 0 radical (unpaired) electrons. The third kappa shape index (κ3) is 4.23. The molecular weight excluding hydrogens is 272 g/mol. The number of carbonyl (C=O) groups is 1. The highest BCUT2D eigenvalue weighted by Gasteiger charge is 2.11. The summed E-state index contributed by atoms with van der Waals surface area (Å²) in [6.45, 7) is 0. The highest BCUT2D eigenvalue weighted by molar-refractivity contribution is 9.09. The summed E-state index contributed by atoms with van der Waals surface area (Å²) in [5.74, 6) is 0.637. The summed E-state index contributed by atoms with van der Waals surface area (Å²) in [6.07, 6.45) is 1.17. The van der Waals surface area contributed by atoms with E-state index >= 15 is 0 Å². The number of carbonyl (C=O) groups excluding carboxylic acids is 1. The van der Waals surface area contributed by atoms with Crippen LogP contribution >= 0.6 is 15.9 Å². The molecule has 0 spiro atoms. The summed E-state index contributed by atoms with van der Waals surface area (Å²) in [4.78, 5) is 11.1. The maximum absolute atomic E-state index is 11.0. The van der Waals surface area contributed by atoms with Crippen molar-refractivity contribution >= 4 is 21.9 Å². The van der Waals surface area contributed by atoms with Crippen molar-refractivity contribution in [1.29, 1.82) is 0 Å². The largest absolute Gasteiger partial charge is 0.497 e. The Bertz CT molecular complexity index is 335. The minimum atomic E-state index is -0.199. The van der Waals surface area contributed by atoms with Crippen LogP contribution in [0.3, 0.4) is 0 Å². The van der Waals surface area contributed by atoms with Gasteiger partial charge in [-0.2, -0.15) is 0 Å². The number of methoxy groups -OCH3 is 2. The lowest BCUT2D eigenvalue weighted by Gasteiger charge is -2.08. The molecule has 1 aromatic rings. The molecule has 0 aliphatic heterocycles. The van der Waals surface area contributed by atoms with Gasteiger partial charge in [0.1, 0.15) is 5.75 Å². The van der Waals surface area contributed by atoms with Crippen molar-refractivity contribution in [2.45, 2.75) is 17.7 Å². The van der Waals surface area contributed by atoms with Crippen molar-refractivity contribution in [2.24, 2.45) is 0 Å². The summed E-state index contributed by atoms with van der Waals surface area (Å²) in [7, 11) is 3.04. The van der Waals surface area contributed by atoms with Gasteiger partial charge in [-0.3, -0.25) is 4.79 Å². The lowest BCUT2D eigenvalue weighted by atomic mass is 10.1. The molecule has 3 nitrogen and oxygen atoms in total. The highest BCUT2D eigenvalue weighted by atomic mass is 79.9. The van der Waals surface area contributed by atoms with Gasteiger partial charge in [0.2, 0.25) is 0 Å². The van der Waals surface area contributed by atoms with Crippen molar-refractivity contribution in [3.05, 3.63) is 29.8 Å². The summed E-state index contributed by atoms with van der Waals surface area (Å²) in [5, 5.41) is 0. The van der Waals surface area contributed by atoms with Crippen LogP contribution in [0, 0.1) is 0 Å². The first-order valence-corrected chi connectivity index (χ1v) is 5.91. The molecule has 0 fully saturated rings. The molecule has 0 heterocycles. The second-order valence-electron chi connectivity index (χ2n) is 3.43. The second-order valence-corrected chi connectivity index (χ2v) is 4.72. The van der Waals surface area contributed by atoms with Gasteiger partial charge in [-0.1, -0.05) is 28.1 Å². The average molecular weight is 287 g/mol. The third-order valence-electron chi connectivity index (χ3n) is 2.23. The van der Waals surface area contributed by atoms with E-state index < -0.39 is 0 Å². The van der Waals surface area contributed by atoms with Crippen molar-refractivity contribution < 1.29 is 14.3 Å². The fourth-order valence-corrected chi connectivity index (χ4v) is 1.99. The van der Waals surface area contributed by atoms with E-state index in [-0.39, 0.29) is 10.8 Å². The first kappa shape index (κ1) is 13.0. The van der Waals surface area contributed by atoms with Gasteiger partial charge in [0.05, 0.1) is 20.6 Å². The van der Waals surface area contributed by atoms with Crippen LogP contribution in [0.1, 0.15) is 12.0 Å². The molecule has 0 saturated heterocycles. The van der Waals surface area contributed by atoms with E-state index in [1.165, 1.54) is 7.11 Å². The van der Waals surface area contributed by atoms with Crippen molar-refractivity contribution in [2.75, 3.05) is 14.2 Å². The summed E-state index contributed by atoms with van der Waals surface area (Å²) in [5.41, 5.74) is 1.16. The average Bonchev–Trinajstić information content (AvgIpc) is 2.29. The van der Waals surface area contributed by atoms with E-state index in [1.807, 2.05) is 24.3 Å². The molecule has 0 saturated carbocycles. The van der Waals surface area contributed by atoms with Gasteiger partial charge in [-0.25, -0.2) is 0 Å². The predicted molar refractivity (Wildman–Crippen MR) is 66.0 cm³/mol. The monoisotopic (exact) mass is 286 g/mol. The van der Waals surface area contributed by atoms with Gasteiger partial charge >= 0.3 is 5.97 Å². The predicted octanol–water partition coefficient (Wildman–Crippen LogP) is 2.56. The number of benzene rings is 1. The van der Waals surface area contributed by atoms with Crippen LogP contribution in [0.15, 0.2) is 24.3 Å². The highest BCUT2D eigenvalue weighted by Crippen LogP contribution is 2.17. The van der Waals surface area contributed by atoms with Crippen LogP contribution in [-0.4, -0.2) is 25.0 Å². The molecule has 1 atom stereocenters. The molecule has 0 bridgehead atoms. The Hall–Kier alpha value is -1.03. The van der Waals surface area contributed by atoms with E-state index in [4.69, 9.17) is 4.74 Å². The zero-order valence-corrected chi connectivity index (χ0v) is 11.0. The molecule has 1 unspecified atom stereocenters. The number of rotatable bonds is 5. The molecule has 0 amide bonds. The number of ether oxygens (including phenoxy) is 2. The van der Waals surface area contributed by atoms with Crippen LogP contribution < -0.4 is 4.74 Å². The van der Waals surface area contributed by atoms with Crippen LogP contribution in [0.25, 0.3) is 0 Å². The van der Waals surface area contributed by atoms with E-state index in [1.54, 1.807) is 7.11 Å². The first-order chi connectivity index (χ1) is 7.65. The Morgan fingerprint density at radius 2 is 1.94 bits per heavy atom. The zero-order valence-electron chi connectivity index (χ0n) is 9.40. The van der Waals surface area contributed by atoms with Gasteiger partial charge in [-0.05, 0) is 24.1 Å². The molecular formula is C12H15BrO3. The van der Waals surface area contributed by atoms with Crippen molar-refractivity contribution in [1.82, 2.24) is 0 Å². The second kappa shape index (κ2) is 6.53. The summed E-state index contributed by atoms with van der Waals surface area (Å²) < 4.78 is 9.68. The Kier molecular flexibility index (Phi) is 5.32. The number of esters is 1. The van der Waals surface area contributed by atoms with Gasteiger partial charge in [0.25, 0.3) is 0 Å². The zero-order chi connectivity index (χ0) is 12.0. The molecule has 0 aromatic heterocycles. The molecule has 0 N–H and O–H groups in total. The molecule has 1 aromatic carbocycles. The summed E-state index contributed by atoms with van der Waals surface area (Å²) in [6, 6.07) is 7.80. The number of hydrogen-bond acceptors (Lipinski definition) is 3. The Balaban J connectivity index is 2.49. The van der Waals surface area contributed by atoms with Gasteiger partial charge < -0.3 is 9.47 Å². The standard InChI is InChI=1S/C12H15BrO3/c1-15-11-5-3-9(4-6-11)7-10(13)8-12(14)16-2/h3-6,10H,7-8H2,1-2H3. The van der Waals surface area contributed by atoms with Crippen molar-refractivity contribution in [3.63, 3.8) is 0 Å². The summed E-state index contributed by atoms with van der Waals surface area (Å²) >= 11 is 3.46. The van der Waals surface area contributed by atoms with Gasteiger partial charge in [0.15, 0.2) is 0 Å². The number of halogens is 1. The Morgan fingerprint density at radius 3 is 2.44 bits per heavy atom. The maximum atomic E-state index is 11.0. The maximum Gasteiger partial charge on any atom is 0.306 e. The fraction of sp³-hybridized carbons (Fsp3) is 0.417.